The lowest BCUT2D eigenvalue weighted by atomic mass is 10.2. The van der Waals surface area contributed by atoms with Gasteiger partial charge in [0.1, 0.15) is 16.7 Å². The van der Waals surface area contributed by atoms with E-state index in [2.05, 4.69) is 15.0 Å². The third kappa shape index (κ3) is 2.57. The minimum absolute atomic E-state index is 0.341. The molecule has 0 amide bonds. The highest BCUT2D eigenvalue weighted by molar-refractivity contribution is 7.99. The van der Waals surface area contributed by atoms with Crippen molar-refractivity contribution in [1.82, 2.24) is 15.0 Å². The van der Waals surface area contributed by atoms with E-state index in [1.54, 1.807) is 0 Å². The Kier molecular flexibility index (Phi) is 3.03. The first-order chi connectivity index (χ1) is 9.60. The van der Waals surface area contributed by atoms with Crippen molar-refractivity contribution in [2.75, 3.05) is 17.2 Å². The zero-order valence-corrected chi connectivity index (χ0v) is 11.3. The third-order valence-electron chi connectivity index (χ3n) is 2.63. The van der Waals surface area contributed by atoms with E-state index >= 15 is 0 Å². The van der Waals surface area contributed by atoms with Crippen LogP contribution in [0.1, 0.15) is 0 Å². The summed E-state index contributed by atoms with van der Waals surface area (Å²) in [5.74, 6) is 0.683. The Balaban J connectivity index is 1.96. The van der Waals surface area contributed by atoms with Crippen molar-refractivity contribution in [1.29, 1.82) is 0 Å². The van der Waals surface area contributed by atoms with Crippen molar-refractivity contribution in [2.24, 2.45) is 0 Å². The molecule has 0 radical (unpaired) electrons. The SMILES string of the molecule is Nc1ccc2nc(Sc3nc(N)cc(N)n3)ccc2c1. The maximum atomic E-state index is 5.74. The van der Waals surface area contributed by atoms with E-state index in [0.717, 1.165) is 15.9 Å². The van der Waals surface area contributed by atoms with Crippen LogP contribution in [0.4, 0.5) is 17.3 Å². The molecule has 0 atom stereocenters. The summed E-state index contributed by atoms with van der Waals surface area (Å²) in [7, 11) is 0. The van der Waals surface area contributed by atoms with Gasteiger partial charge in [0.05, 0.1) is 5.52 Å². The zero-order valence-electron chi connectivity index (χ0n) is 10.4. The molecule has 2 aromatic heterocycles. The molecule has 6 N–H and O–H groups in total. The number of hydrogen-bond donors (Lipinski definition) is 3. The zero-order chi connectivity index (χ0) is 14.1. The van der Waals surface area contributed by atoms with Crippen LogP contribution in [-0.4, -0.2) is 15.0 Å². The number of rotatable bonds is 2. The van der Waals surface area contributed by atoms with Crippen LogP contribution in [0.3, 0.4) is 0 Å². The van der Waals surface area contributed by atoms with E-state index < -0.39 is 0 Å². The molecule has 1 aromatic carbocycles. The Labute approximate surface area is 119 Å². The lowest BCUT2D eigenvalue weighted by molar-refractivity contribution is 0.979. The van der Waals surface area contributed by atoms with Gasteiger partial charge in [0.25, 0.3) is 0 Å². The number of nitrogens with zero attached hydrogens (tertiary/aromatic N) is 3. The van der Waals surface area contributed by atoms with Gasteiger partial charge in [-0.25, -0.2) is 15.0 Å². The van der Waals surface area contributed by atoms with Crippen molar-refractivity contribution < 1.29 is 0 Å². The largest absolute Gasteiger partial charge is 0.399 e. The second-order valence-electron chi connectivity index (χ2n) is 4.20. The maximum absolute atomic E-state index is 5.74. The fraction of sp³-hybridized carbons (Fsp3) is 0. The highest BCUT2D eigenvalue weighted by Gasteiger charge is 2.05. The number of aromatic nitrogens is 3. The number of nitrogens with two attached hydrogens (primary N) is 3. The van der Waals surface area contributed by atoms with Gasteiger partial charge in [-0.1, -0.05) is 6.07 Å². The van der Waals surface area contributed by atoms with Crippen molar-refractivity contribution >= 4 is 40.0 Å². The van der Waals surface area contributed by atoms with Gasteiger partial charge in [0.2, 0.25) is 0 Å². The molecular formula is C13H12N6S. The number of hydrogen-bond acceptors (Lipinski definition) is 7. The fourth-order valence-electron chi connectivity index (χ4n) is 1.78. The Hall–Kier alpha value is -2.54. The van der Waals surface area contributed by atoms with Gasteiger partial charge in [-0.15, -0.1) is 0 Å². The monoisotopic (exact) mass is 284 g/mol. The molecule has 20 heavy (non-hydrogen) atoms. The second kappa shape index (κ2) is 4.86. The molecule has 0 aliphatic rings. The quantitative estimate of drug-likeness (QED) is 0.486. The number of anilines is 3. The summed E-state index contributed by atoms with van der Waals surface area (Å²) >= 11 is 1.31. The molecule has 0 spiro atoms. The lowest BCUT2D eigenvalue weighted by Gasteiger charge is -2.04. The van der Waals surface area contributed by atoms with Crippen LogP contribution < -0.4 is 17.2 Å². The van der Waals surface area contributed by atoms with Gasteiger partial charge in [-0.05, 0) is 36.0 Å². The fourth-order valence-corrected chi connectivity index (χ4v) is 2.55. The van der Waals surface area contributed by atoms with Gasteiger partial charge >= 0.3 is 0 Å². The van der Waals surface area contributed by atoms with Crippen LogP contribution in [-0.2, 0) is 0 Å². The van der Waals surface area contributed by atoms with E-state index in [0.29, 0.717) is 22.5 Å². The molecule has 0 saturated carbocycles. The highest BCUT2D eigenvalue weighted by atomic mass is 32.2. The molecular weight excluding hydrogens is 272 g/mol. The average Bonchev–Trinajstić information content (AvgIpc) is 2.38. The molecule has 0 aliphatic heterocycles. The molecule has 6 nitrogen and oxygen atoms in total. The smallest absolute Gasteiger partial charge is 0.197 e. The van der Waals surface area contributed by atoms with Gasteiger partial charge in [0.15, 0.2) is 5.16 Å². The first-order valence-electron chi connectivity index (χ1n) is 5.84. The van der Waals surface area contributed by atoms with Gasteiger partial charge in [-0.3, -0.25) is 0 Å². The molecule has 3 rings (SSSR count). The Morgan fingerprint density at radius 3 is 2.30 bits per heavy atom. The number of pyridine rings is 1. The molecule has 0 aliphatic carbocycles. The third-order valence-corrected chi connectivity index (χ3v) is 3.43. The molecule has 7 heteroatoms. The predicted molar refractivity (Wildman–Crippen MR) is 81.1 cm³/mol. The van der Waals surface area contributed by atoms with Crippen molar-refractivity contribution in [3.63, 3.8) is 0 Å². The van der Waals surface area contributed by atoms with Gasteiger partial charge in [-0.2, -0.15) is 0 Å². The van der Waals surface area contributed by atoms with E-state index in [4.69, 9.17) is 17.2 Å². The summed E-state index contributed by atoms with van der Waals surface area (Å²) in [5.41, 5.74) is 18.6. The predicted octanol–water partition coefficient (Wildman–Crippen LogP) is 1.92. The molecule has 0 unspecified atom stereocenters. The minimum Gasteiger partial charge on any atom is -0.399 e. The first-order valence-corrected chi connectivity index (χ1v) is 6.66. The molecule has 3 aromatic rings. The highest BCUT2D eigenvalue weighted by Crippen LogP contribution is 2.26. The number of fused-ring (bicyclic) bond motifs is 1. The number of nitrogen functional groups attached to an aromatic ring is 3. The summed E-state index contributed by atoms with van der Waals surface area (Å²) in [6.07, 6.45) is 0. The normalized spacial score (nSPS) is 10.8. The molecule has 0 saturated heterocycles. The van der Waals surface area contributed by atoms with Crippen molar-refractivity contribution in [3.8, 4) is 0 Å². The van der Waals surface area contributed by atoms with Crippen molar-refractivity contribution in [3.05, 3.63) is 36.4 Å². The maximum Gasteiger partial charge on any atom is 0.197 e. The molecule has 100 valence electrons. The van der Waals surface area contributed by atoms with E-state index in [9.17, 15) is 0 Å². The summed E-state index contributed by atoms with van der Waals surface area (Å²) in [6.45, 7) is 0. The lowest BCUT2D eigenvalue weighted by Crippen LogP contribution is -1.99. The van der Waals surface area contributed by atoms with Crippen LogP contribution in [0, 0.1) is 0 Å². The Morgan fingerprint density at radius 2 is 1.55 bits per heavy atom. The van der Waals surface area contributed by atoms with Gasteiger partial charge < -0.3 is 17.2 Å². The summed E-state index contributed by atoms with van der Waals surface area (Å²) in [5, 5.41) is 2.24. The van der Waals surface area contributed by atoms with Crippen LogP contribution in [0.5, 0.6) is 0 Å². The Morgan fingerprint density at radius 1 is 0.800 bits per heavy atom. The van der Waals surface area contributed by atoms with Crippen LogP contribution in [0.15, 0.2) is 46.6 Å². The van der Waals surface area contributed by atoms with E-state index in [1.165, 1.54) is 17.8 Å². The average molecular weight is 284 g/mol. The second-order valence-corrected chi connectivity index (χ2v) is 5.19. The topological polar surface area (TPSA) is 117 Å². The Bertz CT molecular complexity index is 769. The minimum atomic E-state index is 0.341. The number of benzene rings is 1. The summed E-state index contributed by atoms with van der Waals surface area (Å²) < 4.78 is 0. The van der Waals surface area contributed by atoms with Crippen molar-refractivity contribution in [2.45, 2.75) is 10.2 Å². The first kappa shape index (κ1) is 12.5. The van der Waals surface area contributed by atoms with E-state index in [-0.39, 0.29) is 0 Å². The summed E-state index contributed by atoms with van der Waals surface area (Å²) in [4.78, 5) is 12.7. The van der Waals surface area contributed by atoms with Crippen LogP contribution >= 0.6 is 11.8 Å². The summed E-state index contributed by atoms with van der Waals surface area (Å²) in [6, 6.07) is 10.9. The van der Waals surface area contributed by atoms with Crippen LogP contribution in [0.2, 0.25) is 0 Å². The van der Waals surface area contributed by atoms with Gasteiger partial charge in [0, 0.05) is 17.1 Å². The standard InChI is InChI=1S/C13H12N6S/c14-8-2-3-9-7(5-8)1-4-12(17-9)20-13-18-10(15)6-11(16)19-13/h1-6H,14H2,(H4,15,16,18,19). The van der Waals surface area contributed by atoms with E-state index in [1.807, 2.05) is 30.3 Å². The molecule has 0 fully saturated rings. The van der Waals surface area contributed by atoms with Crippen LogP contribution in [0.25, 0.3) is 10.9 Å². The molecule has 0 bridgehead atoms. The molecule has 2 heterocycles.